The second-order valence-electron chi connectivity index (χ2n) is 6.77. The first-order valence-electron chi connectivity index (χ1n) is 9.49. The molecule has 0 amide bonds. The largest absolute Gasteiger partial charge is 0.506 e. The molecule has 3 aromatic carbocycles. The fourth-order valence-electron chi connectivity index (χ4n) is 3.15. The molecule has 2 N–H and O–H groups in total. The predicted molar refractivity (Wildman–Crippen MR) is 122 cm³/mol. The molecule has 0 fully saturated rings. The summed E-state index contributed by atoms with van der Waals surface area (Å²) in [5.41, 5.74) is 1.26. The van der Waals surface area contributed by atoms with Crippen LogP contribution in [-0.4, -0.2) is 20.9 Å². The van der Waals surface area contributed by atoms with Crippen molar-refractivity contribution in [2.45, 2.75) is 0 Å². The van der Waals surface area contributed by atoms with Gasteiger partial charge in [0.15, 0.2) is 0 Å². The van der Waals surface area contributed by atoms with E-state index in [9.17, 15) is 14.7 Å². The van der Waals surface area contributed by atoms with Crippen molar-refractivity contribution in [3.05, 3.63) is 123 Å². The molecule has 0 unspecified atom stereocenters. The highest BCUT2D eigenvalue weighted by Crippen LogP contribution is 2.27. The van der Waals surface area contributed by atoms with Crippen molar-refractivity contribution in [1.29, 1.82) is 0 Å². The zero-order valence-electron chi connectivity index (χ0n) is 16.2. The van der Waals surface area contributed by atoms with Gasteiger partial charge in [-0.2, -0.15) is 0 Å². The van der Waals surface area contributed by atoms with Gasteiger partial charge < -0.3 is 10.1 Å². The number of ketones is 1. The van der Waals surface area contributed by atoms with Crippen molar-refractivity contribution in [2.24, 2.45) is 0 Å². The van der Waals surface area contributed by atoms with Crippen molar-refractivity contribution in [3.63, 3.8) is 0 Å². The van der Waals surface area contributed by atoms with Gasteiger partial charge in [0.05, 0.1) is 5.69 Å². The maximum absolute atomic E-state index is 13.4. The van der Waals surface area contributed by atoms with E-state index in [1.165, 1.54) is 6.07 Å². The van der Waals surface area contributed by atoms with Gasteiger partial charge in [0.2, 0.25) is 5.78 Å². The van der Waals surface area contributed by atoms with Gasteiger partial charge in [0, 0.05) is 27.8 Å². The number of benzene rings is 3. The van der Waals surface area contributed by atoms with Gasteiger partial charge in [0.25, 0.3) is 5.56 Å². The van der Waals surface area contributed by atoms with Crippen LogP contribution in [0.3, 0.4) is 0 Å². The first-order chi connectivity index (χ1) is 15.0. The lowest BCUT2D eigenvalue weighted by Gasteiger charge is -2.12. The Morgan fingerprint density at radius 3 is 2.03 bits per heavy atom. The molecule has 0 radical (unpaired) electrons. The molecule has 0 aliphatic heterocycles. The number of rotatable bonds is 5. The molecule has 0 atom stereocenters. The number of halogens is 1. The number of hydrogen-bond acceptors (Lipinski definition) is 4. The summed E-state index contributed by atoms with van der Waals surface area (Å²) in [5.74, 6) is -0.753. The standard InChI is InChI=1S/C25H17ClN2O3/c26-19-13-11-16(12-14-19)20-15-21(29)28-25(27-20)22(23(30)17-7-3-1-4-8-17)24(31)18-9-5-2-6-10-18/h1-15,30H,(H,27,28,29)/b23-22-. The number of carbonyl (C=O) groups excluding carboxylic acids is 1. The van der Waals surface area contributed by atoms with E-state index in [0.29, 0.717) is 27.4 Å². The SMILES string of the molecule is O=C(/C(=C(/O)c1ccccc1)c1nc(-c2ccc(Cl)cc2)cc(=O)[nH]1)c1ccccc1. The van der Waals surface area contributed by atoms with Crippen LogP contribution in [0.1, 0.15) is 21.7 Å². The second-order valence-corrected chi connectivity index (χ2v) is 7.21. The number of aromatic amines is 1. The Balaban J connectivity index is 1.93. The zero-order valence-corrected chi connectivity index (χ0v) is 17.0. The molecule has 1 heterocycles. The number of carbonyl (C=O) groups is 1. The molecule has 0 saturated carbocycles. The molecule has 0 spiro atoms. The predicted octanol–water partition coefficient (Wildman–Crippen LogP) is 5.40. The quantitative estimate of drug-likeness (QED) is 0.253. The van der Waals surface area contributed by atoms with Crippen LogP contribution in [0, 0.1) is 0 Å². The smallest absolute Gasteiger partial charge is 0.251 e. The summed E-state index contributed by atoms with van der Waals surface area (Å²) < 4.78 is 0. The van der Waals surface area contributed by atoms with Crippen LogP contribution in [-0.2, 0) is 0 Å². The van der Waals surface area contributed by atoms with Crippen LogP contribution in [0.25, 0.3) is 22.6 Å². The Hall–Kier alpha value is -3.96. The minimum absolute atomic E-state index is 0.0207. The molecular formula is C25H17ClN2O3. The van der Waals surface area contributed by atoms with Crippen molar-refractivity contribution < 1.29 is 9.90 Å². The lowest BCUT2D eigenvalue weighted by atomic mass is 9.98. The van der Waals surface area contributed by atoms with E-state index in [1.54, 1.807) is 84.9 Å². The van der Waals surface area contributed by atoms with Crippen LogP contribution in [0.4, 0.5) is 0 Å². The fraction of sp³-hybridized carbons (Fsp3) is 0. The number of nitrogens with zero attached hydrogens (tertiary/aromatic N) is 1. The third kappa shape index (κ3) is 4.47. The number of nitrogens with one attached hydrogen (secondary N) is 1. The lowest BCUT2D eigenvalue weighted by Crippen LogP contribution is -2.15. The highest BCUT2D eigenvalue weighted by Gasteiger charge is 2.23. The number of aliphatic hydroxyl groups excluding tert-OH is 1. The minimum atomic E-state index is -0.460. The number of aliphatic hydroxyl groups is 1. The van der Waals surface area contributed by atoms with Crippen LogP contribution >= 0.6 is 11.6 Å². The number of aromatic nitrogens is 2. The highest BCUT2D eigenvalue weighted by molar-refractivity contribution is 6.33. The maximum Gasteiger partial charge on any atom is 0.251 e. The molecule has 0 aliphatic rings. The normalized spacial score (nSPS) is 11.6. The summed E-state index contributed by atoms with van der Waals surface area (Å²) in [6.07, 6.45) is 0. The van der Waals surface area contributed by atoms with Crippen molar-refractivity contribution in [3.8, 4) is 11.3 Å². The Labute approximate surface area is 183 Å². The monoisotopic (exact) mass is 428 g/mol. The second kappa shape index (κ2) is 8.81. The van der Waals surface area contributed by atoms with Crippen LogP contribution in [0.15, 0.2) is 95.8 Å². The first kappa shape index (κ1) is 20.3. The number of allylic oxidation sites excluding steroid dienone is 1. The van der Waals surface area contributed by atoms with E-state index < -0.39 is 11.3 Å². The molecule has 4 aromatic rings. The van der Waals surface area contributed by atoms with Crippen molar-refractivity contribution in [1.82, 2.24) is 9.97 Å². The van der Waals surface area contributed by atoms with Gasteiger partial charge in [0.1, 0.15) is 17.2 Å². The van der Waals surface area contributed by atoms with Gasteiger partial charge >= 0.3 is 0 Å². The van der Waals surface area contributed by atoms with E-state index in [-0.39, 0.29) is 17.2 Å². The Morgan fingerprint density at radius 2 is 1.42 bits per heavy atom. The number of hydrogen-bond donors (Lipinski definition) is 2. The van der Waals surface area contributed by atoms with Crippen LogP contribution in [0.2, 0.25) is 5.02 Å². The zero-order chi connectivity index (χ0) is 21.8. The van der Waals surface area contributed by atoms with E-state index in [0.717, 1.165) is 0 Å². The topological polar surface area (TPSA) is 83.0 Å². The van der Waals surface area contributed by atoms with Gasteiger partial charge in [-0.1, -0.05) is 84.4 Å². The molecule has 6 heteroatoms. The molecule has 31 heavy (non-hydrogen) atoms. The maximum atomic E-state index is 13.4. The van der Waals surface area contributed by atoms with Crippen molar-refractivity contribution >= 4 is 28.7 Å². The molecule has 5 nitrogen and oxygen atoms in total. The summed E-state index contributed by atoms with van der Waals surface area (Å²) in [6, 6.07) is 25.3. The Bertz CT molecular complexity index is 1310. The average molecular weight is 429 g/mol. The third-order valence-corrected chi connectivity index (χ3v) is 4.92. The number of Topliss-reactive ketones (excluding diaryl/α,β-unsaturated/α-hetero) is 1. The summed E-state index contributed by atoms with van der Waals surface area (Å²) in [5, 5.41) is 11.6. The van der Waals surface area contributed by atoms with Gasteiger partial charge in [-0.25, -0.2) is 4.98 Å². The third-order valence-electron chi connectivity index (χ3n) is 4.67. The summed E-state index contributed by atoms with van der Waals surface area (Å²) in [4.78, 5) is 32.9. The van der Waals surface area contributed by atoms with Crippen LogP contribution < -0.4 is 5.56 Å². The van der Waals surface area contributed by atoms with E-state index in [1.807, 2.05) is 0 Å². The van der Waals surface area contributed by atoms with E-state index in [4.69, 9.17) is 11.6 Å². The lowest BCUT2D eigenvalue weighted by molar-refractivity contribution is 0.105. The Kier molecular flexibility index (Phi) is 5.78. The number of H-pyrrole nitrogens is 1. The first-order valence-corrected chi connectivity index (χ1v) is 9.87. The molecular weight excluding hydrogens is 412 g/mol. The molecule has 4 rings (SSSR count). The average Bonchev–Trinajstić information content (AvgIpc) is 2.80. The summed E-state index contributed by atoms with van der Waals surface area (Å²) in [7, 11) is 0. The molecule has 0 saturated heterocycles. The summed E-state index contributed by atoms with van der Waals surface area (Å²) >= 11 is 5.96. The van der Waals surface area contributed by atoms with Crippen molar-refractivity contribution in [2.75, 3.05) is 0 Å². The molecule has 0 bridgehead atoms. The fourth-order valence-corrected chi connectivity index (χ4v) is 3.27. The molecule has 1 aromatic heterocycles. The van der Waals surface area contributed by atoms with Gasteiger partial charge in [-0.05, 0) is 12.1 Å². The molecule has 152 valence electrons. The van der Waals surface area contributed by atoms with Gasteiger partial charge in [-0.15, -0.1) is 0 Å². The summed E-state index contributed by atoms with van der Waals surface area (Å²) in [6.45, 7) is 0. The Morgan fingerprint density at radius 1 is 0.839 bits per heavy atom. The van der Waals surface area contributed by atoms with Crippen LogP contribution in [0.5, 0.6) is 0 Å². The minimum Gasteiger partial charge on any atom is -0.506 e. The highest BCUT2D eigenvalue weighted by atomic mass is 35.5. The molecule has 0 aliphatic carbocycles. The van der Waals surface area contributed by atoms with E-state index >= 15 is 0 Å². The van der Waals surface area contributed by atoms with Gasteiger partial charge in [-0.3, -0.25) is 9.59 Å². The van der Waals surface area contributed by atoms with E-state index in [2.05, 4.69) is 9.97 Å².